The number of aromatic nitrogens is 2. The van der Waals surface area contributed by atoms with E-state index in [1.54, 1.807) is 11.5 Å². The van der Waals surface area contributed by atoms with E-state index in [1.165, 1.54) is 36.4 Å². The van der Waals surface area contributed by atoms with Gasteiger partial charge in [-0.25, -0.2) is 22.5 Å². The number of nitrogens with zero attached hydrogens (tertiary/aromatic N) is 2. The molecule has 2 aromatic carbocycles. The van der Waals surface area contributed by atoms with Crippen LogP contribution in [0.25, 0.3) is 11.0 Å². The van der Waals surface area contributed by atoms with Gasteiger partial charge in [0.1, 0.15) is 11.6 Å². The van der Waals surface area contributed by atoms with Gasteiger partial charge in [-0.05, 0) is 44.2 Å². The Morgan fingerprint density at radius 2 is 1.88 bits per heavy atom. The molecule has 0 aliphatic heterocycles. The molecule has 9 heteroatoms. The first-order chi connectivity index (χ1) is 12.2. The molecule has 5 nitrogen and oxygen atoms in total. The number of halogens is 3. The van der Waals surface area contributed by atoms with Crippen molar-refractivity contribution in [2.45, 2.75) is 31.3 Å². The van der Waals surface area contributed by atoms with E-state index in [-0.39, 0.29) is 9.92 Å². The average Bonchev–Trinajstić information content (AvgIpc) is 2.93. The van der Waals surface area contributed by atoms with E-state index >= 15 is 0 Å². The number of hydrogen-bond acceptors (Lipinski definition) is 3. The summed E-state index contributed by atoms with van der Waals surface area (Å²) in [7, 11) is -3.77. The van der Waals surface area contributed by atoms with E-state index in [1.807, 2.05) is 6.92 Å². The van der Waals surface area contributed by atoms with Crippen LogP contribution in [0.4, 0.5) is 4.39 Å². The van der Waals surface area contributed by atoms with Gasteiger partial charge in [-0.15, -0.1) is 0 Å². The fourth-order valence-corrected chi connectivity index (χ4v) is 4.25. The monoisotopic (exact) mass is 415 g/mol. The average molecular weight is 416 g/mol. The molecular formula is C17H16Cl2FN3O2S. The number of rotatable bonds is 5. The lowest BCUT2D eigenvalue weighted by atomic mass is 10.3. The van der Waals surface area contributed by atoms with Crippen LogP contribution >= 0.6 is 23.2 Å². The Labute approximate surface area is 160 Å². The first-order valence-corrected chi connectivity index (χ1v) is 10.1. The molecule has 0 saturated carbocycles. The second-order valence-corrected chi connectivity index (χ2v) is 8.32. The van der Waals surface area contributed by atoms with Gasteiger partial charge in [0, 0.05) is 17.6 Å². The van der Waals surface area contributed by atoms with Gasteiger partial charge in [-0.3, -0.25) is 0 Å². The third kappa shape index (κ3) is 3.57. The molecular weight excluding hydrogens is 400 g/mol. The van der Waals surface area contributed by atoms with Gasteiger partial charge in [0.05, 0.1) is 27.0 Å². The van der Waals surface area contributed by atoms with Crippen molar-refractivity contribution in [2.75, 3.05) is 0 Å². The van der Waals surface area contributed by atoms with Crippen LogP contribution in [0.5, 0.6) is 0 Å². The summed E-state index contributed by atoms with van der Waals surface area (Å²) in [6, 6.07) is 7.97. The molecule has 0 bridgehead atoms. The highest BCUT2D eigenvalue weighted by Gasteiger charge is 2.23. The highest BCUT2D eigenvalue weighted by molar-refractivity contribution is 7.89. The molecule has 0 spiro atoms. The zero-order chi connectivity index (χ0) is 19.1. The van der Waals surface area contributed by atoms with Gasteiger partial charge in [-0.1, -0.05) is 23.2 Å². The molecule has 1 aromatic heterocycles. The van der Waals surface area contributed by atoms with Crippen LogP contribution in [0, 0.1) is 5.82 Å². The molecule has 1 atom stereocenters. The van der Waals surface area contributed by atoms with Crippen molar-refractivity contribution >= 4 is 44.3 Å². The van der Waals surface area contributed by atoms with Gasteiger partial charge in [-0.2, -0.15) is 0 Å². The van der Waals surface area contributed by atoms with Crippen LogP contribution in [0.1, 0.15) is 25.7 Å². The molecule has 138 valence electrons. The number of imidazole rings is 1. The lowest BCUT2D eigenvalue weighted by molar-refractivity contribution is 0.549. The Balaban J connectivity index is 1.99. The van der Waals surface area contributed by atoms with Gasteiger partial charge >= 0.3 is 0 Å². The second kappa shape index (κ2) is 7.15. The Hall–Kier alpha value is -1.67. The number of benzene rings is 2. The maximum absolute atomic E-state index is 13.7. The van der Waals surface area contributed by atoms with E-state index in [0.29, 0.717) is 28.4 Å². The van der Waals surface area contributed by atoms with Crippen LogP contribution in [-0.4, -0.2) is 18.0 Å². The van der Waals surface area contributed by atoms with Crippen molar-refractivity contribution in [1.29, 1.82) is 0 Å². The van der Waals surface area contributed by atoms with Crippen LogP contribution < -0.4 is 4.72 Å². The van der Waals surface area contributed by atoms with E-state index < -0.39 is 21.9 Å². The number of aryl methyl sites for hydroxylation is 1. The predicted octanol–water partition coefficient (Wildman–Crippen LogP) is 4.54. The number of sulfonamides is 1. The minimum Gasteiger partial charge on any atom is -0.327 e. The fourth-order valence-electron chi connectivity index (χ4n) is 2.77. The molecule has 3 rings (SSSR count). The zero-order valence-electron chi connectivity index (χ0n) is 14.0. The van der Waals surface area contributed by atoms with Crippen molar-refractivity contribution in [1.82, 2.24) is 14.3 Å². The van der Waals surface area contributed by atoms with Crippen molar-refractivity contribution in [3.8, 4) is 0 Å². The molecule has 0 aliphatic rings. The summed E-state index contributed by atoms with van der Waals surface area (Å²) in [6.07, 6.45) is 0. The second-order valence-electron chi connectivity index (χ2n) is 5.77. The van der Waals surface area contributed by atoms with E-state index in [2.05, 4.69) is 9.71 Å². The SMILES string of the molecule is CCn1c([C@@H](C)NS(=O)(=O)c2ccc(Cl)cc2)nc2cc(F)c(Cl)cc21. The molecule has 0 amide bonds. The largest absolute Gasteiger partial charge is 0.327 e. The van der Waals surface area contributed by atoms with Crippen molar-refractivity contribution in [3.63, 3.8) is 0 Å². The summed E-state index contributed by atoms with van der Waals surface area (Å²) >= 11 is 11.7. The Kier molecular flexibility index (Phi) is 5.25. The molecule has 0 aliphatic carbocycles. The van der Waals surface area contributed by atoms with Gasteiger partial charge in [0.15, 0.2) is 0 Å². The highest BCUT2D eigenvalue weighted by Crippen LogP contribution is 2.27. The lowest BCUT2D eigenvalue weighted by Gasteiger charge is -2.15. The quantitative estimate of drug-likeness (QED) is 0.664. The summed E-state index contributed by atoms with van der Waals surface area (Å²) < 4.78 is 43.3. The normalized spacial score (nSPS) is 13.3. The highest BCUT2D eigenvalue weighted by atomic mass is 35.5. The summed E-state index contributed by atoms with van der Waals surface area (Å²) in [5.74, 6) is -0.0948. The first-order valence-electron chi connectivity index (χ1n) is 7.86. The number of fused-ring (bicyclic) bond motifs is 1. The Morgan fingerprint density at radius 3 is 2.50 bits per heavy atom. The van der Waals surface area contributed by atoms with Crippen molar-refractivity contribution in [2.24, 2.45) is 0 Å². The zero-order valence-corrected chi connectivity index (χ0v) is 16.3. The first kappa shape index (κ1) is 19.1. The smallest absolute Gasteiger partial charge is 0.241 e. The molecule has 1 N–H and O–H groups in total. The summed E-state index contributed by atoms with van der Waals surface area (Å²) in [5.41, 5.74) is 1.06. The number of hydrogen-bond donors (Lipinski definition) is 1. The minimum atomic E-state index is -3.77. The standard InChI is InChI=1S/C17H16Cl2FN3O2S/c1-3-23-16-8-13(19)14(20)9-15(16)21-17(23)10(2)22-26(24,25)12-6-4-11(18)5-7-12/h4-10,22H,3H2,1-2H3/t10-/m1/s1. The van der Waals surface area contributed by atoms with Crippen LogP contribution in [0.15, 0.2) is 41.3 Å². The molecule has 0 fully saturated rings. The third-order valence-electron chi connectivity index (χ3n) is 3.98. The van der Waals surface area contributed by atoms with Crippen LogP contribution in [0.3, 0.4) is 0 Å². The molecule has 0 radical (unpaired) electrons. The maximum atomic E-state index is 13.7. The summed E-state index contributed by atoms with van der Waals surface area (Å²) in [6.45, 7) is 4.10. The third-order valence-corrected chi connectivity index (χ3v) is 6.08. The fraction of sp³-hybridized carbons (Fsp3) is 0.235. The Bertz CT molecular complexity index is 1070. The molecule has 0 unspecified atom stereocenters. The minimum absolute atomic E-state index is 0.00644. The van der Waals surface area contributed by atoms with E-state index in [0.717, 1.165) is 0 Å². The summed E-state index contributed by atoms with van der Waals surface area (Å²) in [5, 5.41) is 0.441. The molecule has 1 heterocycles. The van der Waals surface area contributed by atoms with Gasteiger partial charge in [0.2, 0.25) is 10.0 Å². The topological polar surface area (TPSA) is 64.0 Å². The van der Waals surface area contributed by atoms with E-state index in [9.17, 15) is 12.8 Å². The Morgan fingerprint density at radius 1 is 1.23 bits per heavy atom. The van der Waals surface area contributed by atoms with Crippen LogP contribution in [-0.2, 0) is 16.6 Å². The molecule has 26 heavy (non-hydrogen) atoms. The lowest BCUT2D eigenvalue weighted by Crippen LogP contribution is -2.28. The van der Waals surface area contributed by atoms with Crippen molar-refractivity contribution in [3.05, 3.63) is 58.1 Å². The summed E-state index contributed by atoms with van der Waals surface area (Å²) in [4.78, 5) is 4.49. The number of nitrogens with one attached hydrogen (secondary N) is 1. The van der Waals surface area contributed by atoms with Crippen molar-refractivity contribution < 1.29 is 12.8 Å². The molecule has 0 saturated heterocycles. The van der Waals surface area contributed by atoms with Gasteiger partial charge in [0.25, 0.3) is 0 Å². The predicted molar refractivity (Wildman–Crippen MR) is 101 cm³/mol. The maximum Gasteiger partial charge on any atom is 0.241 e. The molecule has 3 aromatic rings. The van der Waals surface area contributed by atoms with Crippen LogP contribution in [0.2, 0.25) is 10.0 Å². The van der Waals surface area contributed by atoms with E-state index in [4.69, 9.17) is 23.2 Å². The van der Waals surface area contributed by atoms with Gasteiger partial charge < -0.3 is 4.57 Å².